The fourth-order valence-electron chi connectivity index (χ4n) is 3.61. The Kier molecular flexibility index (Phi) is 6.01. The van der Waals surface area contributed by atoms with Crippen LogP contribution >= 0.6 is 11.6 Å². The largest absolute Gasteiger partial charge is 0.507 e. The van der Waals surface area contributed by atoms with Crippen molar-refractivity contribution in [1.29, 1.82) is 0 Å². The van der Waals surface area contributed by atoms with Gasteiger partial charge in [-0.25, -0.2) is 0 Å². The van der Waals surface area contributed by atoms with Crippen molar-refractivity contribution in [2.45, 2.75) is 26.3 Å². The second-order valence-electron chi connectivity index (χ2n) is 7.39. The van der Waals surface area contributed by atoms with E-state index in [-0.39, 0.29) is 17.2 Å². The topological polar surface area (TPSA) is 92.9 Å². The molecule has 1 fully saturated rings. The molecule has 0 radical (unpaired) electrons. The van der Waals surface area contributed by atoms with E-state index in [0.717, 1.165) is 6.42 Å². The first kappa shape index (κ1) is 21.6. The summed E-state index contributed by atoms with van der Waals surface area (Å²) in [4.78, 5) is 27.3. The first-order chi connectivity index (χ1) is 15.4. The second-order valence-corrected chi connectivity index (χ2v) is 7.83. The Bertz CT molecular complexity index is 1200. The van der Waals surface area contributed by atoms with Gasteiger partial charge in [-0.05, 0) is 55.3 Å². The van der Waals surface area contributed by atoms with Crippen molar-refractivity contribution < 1.29 is 24.0 Å². The number of anilines is 1. The van der Waals surface area contributed by atoms with Gasteiger partial charge in [-0.2, -0.15) is 0 Å². The standard InChI is InChI=1S/C24H21ClN2O5/c1-3-11-31-18-9-7-15(8-10-18)22(28)20-21(16-5-4-6-17(25)13-16)27(24(30)23(20)29)19-12-14(2)32-26-19/h4-10,12-13,21,28H,3,11H2,1-2H3/t21-/m0/s1. The van der Waals surface area contributed by atoms with Gasteiger partial charge < -0.3 is 14.4 Å². The number of ketones is 1. The number of amides is 1. The van der Waals surface area contributed by atoms with E-state index in [4.69, 9.17) is 20.9 Å². The Morgan fingerprint density at radius 2 is 1.94 bits per heavy atom. The van der Waals surface area contributed by atoms with Crippen LogP contribution in [0.25, 0.3) is 5.76 Å². The number of aliphatic hydroxyl groups is 1. The van der Waals surface area contributed by atoms with E-state index >= 15 is 0 Å². The molecule has 1 N–H and O–H groups in total. The lowest BCUT2D eigenvalue weighted by atomic mass is 9.95. The molecule has 1 aliphatic heterocycles. The Morgan fingerprint density at radius 3 is 2.56 bits per heavy atom. The predicted octanol–water partition coefficient (Wildman–Crippen LogP) is 5.05. The van der Waals surface area contributed by atoms with E-state index in [1.54, 1.807) is 61.5 Å². The zero-order valence-electron chi connectivity index (χ0n) is 17.5. The van der Waals surface area contributed by atoms with Gasteiger partial charge in [0.05, 0.1) is 18.2 Å². The van der Waals surface area contributed by atoms with Gasteiger partial charge in [0.25, 0.3) is 5.78 Å². The molecule has 1 saturated heterocycles. The number of carbonyl (C=O) groups excluding carboxylic acids is 2. The summed E-state index contributed by atoms with van der Waals surface area (Å²) in [5.74, 6) is -0.620. The molecule has 0 aliphatic carbocycles. The Morgan fingerprint density at radius 1 is 1.19 bits per heavy atom. The molecule has 7 nitrogen and oxygen atoms in total. The van der Waals surface area contributed by atoms with Crippen LogP contribution in [0, 0.1) is 6.92 Å². The molecule has 4 rings (SSSR count). The highest BCUT2D eigenvalue weighted by atomic mass is 35.5. The summed E-state index contributed by atoms with van der Waals surface area (Å²) < 4.78 is 10.7. The molecule has 1 aliphatic rings. The number of ether oxygens (including phenoxy) is 1. The van der Waals surface area contributed by atoms with Crippen LogP contribution in [0.4, 0.5) is 5.82 Å². The number of halogens is 1. The van der Waals surface area contributed by atoms with Gasteiger partial charge in [0.1, 0.15) is 17.3 Å². The minimum Gasteiger partial charge on any atom is -0.507 e. The zero-order chi connectivity index (χ0) is 22.8. The molecule has 164 valence electrons. The Labute approximate surface area is 189 Å². The molecule has 0 saturated carbocycles. The molecule has 32 heavy (non-hydrogen) atoms. The molecule has 1 aromatic heterocycles. The third-order valence-corrected chi connectivity index (χ3v) is 5.31. The number of carbonyl (C=O) groups is 2. The molecule has 2 aromatic carbocycles. The smallest absolute Gasteiger partial charge is 0.301 e. The maximum atomic E-state index is 13.1. The molecule has 3 aromatic rings. The van der Waals surface area contributed by atoms with Gasteiger partial charge in [0.2, 0.25) is 0 Å². The SMILES string of the molecule is CCCOc1ccc(C(O)=C2C(=O)C(=O)N(c3cc(C)on3)[C@H]2c2cccc(Cl)c2)cc1. The van der Waals surface area contributed by atoms with E-state index in [9.17, 15) is 14.7 Å². The van der Waals surface area contributed by atoms with E-state index in [1.807, 2.05) is 6.92 Å². The Hall–Kier alpha value is -3.58. The fraction of sp³-hybridized carbons (Fsp3) is 0.208. The molecule has 0 unspecified atom stereocenters. The van der Waals surface area contributed by atoms with Gasteiger partial charge in [0, 0.05) is 16.7 Å². The maximum Gasteiger partial charge on any atom is 0.301 e. The van der Waals surface area contributed by atoms with Crippen LogP contribution in [0.15, 0.2) is 64.7 Å². The van der Waals surface area contributed by atoms with Crippen molar-refractivity contribution in [3.63, 3.8) is 0 Å². The molecule has 1 amide bonds. The zero-order valence-corrected chi connectivity index (χ0v) is 18.3. The number of hydrogen-bond acceptors (Lipinski definition) is 6. The minimum atomic E-state index is -0.922. The molecule has 8 heteroatoms. The lowest BCUT2D eigenvalue weighted by molar-refractivity contribution is -0.132. The monoisotopic (exact) mass is 452 g/mol. The summed E-state index contributed by atoms with van der Waals surface area (Å²) in [7, 11) is 0. The van der Waals surface area contributed by atoms with Crippen LogP contribution < -0.4 is 9.64 Å². The van der Waals surface area contributed by atoms with Crippen molar-refractivity contribution in [3.05, 3.63) is 82.1 Å². The average molecular weight is 453 g/mol. The quantitative estimate of drug-likeness (QED) is 0.319. The van der Waals surface area contributed by atoms with Crippen molar-refractivity contribution in [1.82, 2.24) is 5.16 Å². The number of benzene rings is 2. The van der Waals surface area contributed by atoms with Gasteiger partial charge >= 0.3 is 5.91 Å². The van der Waals surface area contributed by atoms with Crippen LogP contribution in [0.3, 0.4) is 0 Å². The van der Waals surface area contributed by atoms with Crippen LogP contribution in [-0.2, 0) is 9.59 Å². The molecule has 2 heterocycles. The number of Topliss-reactive ketones (excluding diaryl/α,β-unsaturated/α-hetero) is 1. The summed E-state index contributed by atoms with van der Waals surface area (Å²) in [5.41, 5.74) is 0.886. The van der Waals surface area contributed by atoms with Crippen molar-refractivity contribution in [2.24, 2.45) is 0 Å². The summed E-state index contributed by atoms with van der Waals surface area (Å²) in [5, 5.41) is 15.5. The van der Waals surface area contributed by atoms with Crippen molar-refractivity contribution in [3.8, 4) is 5.75 Å². The fourth-order valence-corrected chi connectivity index (χ4v) is 3.81. The molecule has 1 atom stereocenters. The maximum absolute atomic E-state index is 13.1. The number of nitrogens with zero attached hydrogens (tertiary/aromatic N) is 2. The van der Waals surface area contributed by atoms with Crippen molar-refractivity contribution >= 4 is 34.9 Å². The van der Waals surface area contributed by atoms with E-state index < -0.39 is 17.7 Å². The van der Waals surface area contributed by atoms with Gasteiger partial charge in [-0.1, -0.05) is 35.8 Å². The first-order valence-electron chi connectivity index (χ1n) is 10.1. The summed E-state index contributed by atoms with van der Waals surface area (Å²) in [6.45, 7) is 4.26. The van der Waals surface area contributed by atoms with Crippen LogP contribution in [0.2, 0.25) is 5.02 Å². The van der Waals surface area contributed by atoms with Gasteiger partial charge in [-0.15, -0.1) is 0 Å². The Balaban J connectivity index is 1.84. The van der Waals surface area contributed by atoms with E-state index in [2.05, 4.69) is 5.16 Å². The number of rotatable bonds is 6. The third-order valence-electron chi connectivity index (χ3n) is 5.07. The molecular weight excluding hydrogens is 432 g/mol. The summed E-state index contributed by atoms with van der Waals surface area (Å²) in [6, 6.07) is 14.1. The normalized spacial score (nSPS) is 17.7. The number of aliphatic hydroxyl groups excluding tert-OH is 1. The van der Waals surface area contributed by atoms with Crippen LogP contribution in [0.5, 0.6) is 5.75 Å². The van der Waals surface area contributed by atoms with Crippen LogP contribution in [-0.4, -0.2) is 28.6 Å². The van der Waals surface area contributed by atoms with Gasteiger partial charge in [0.15, 0.2) is 5.82 Å². The van der Waals surface area contributed by atoms with Crippen molar-refractivity contribution in [2.75, 3.05) is 11.5 Å². The third kappa shape index (κ3) is 3.99. The van der Waals surface area contributed by atoms with Crippen LogP contribution in [0.1, 0.15) is 36.3 Å². The molecular formula is C24H21ClN2O5. The molecule has 0 spiro atoms. The molecule has 0 bridgehead atoms. The second kappa shape index (κ2) is 8.88. The first-order valence-corrected chi connectivity index (χ1v) is 10.5. The summed E-state index contributed by atoms with van der Waals surface area (Å²) >= 11 is 6.18. The highest BCUT2D eigenvalue weighted by molar-refractivity contribution is 6.51. The number of aryl methyl sites for hydroxylation is 1. The lowest BCUT2D eigenvalue weighted by Crippen LogP contribution is -2.29. The number of aromatic nitrogens is 1. The minimum absolute atomic E-state index is 0.0554. The number of hydrogen-bond donors (Lipinski definition) is 1. The van der Waals surface area contributed by atoms with E-state index in [0.29, 0.717) is 34.3 Å². The highest BCUT2D eigenvalue weighted by Crippen LogP contribution is 2.42. The average Bonchev–Trinajstić information content (AvgIpc) is 3.33. The van der Waals surface area contributed by atoms with E-state index in [1.165, 1.54) is 4.90 Å². The highest BCUT2D eigenvalue weighted by Gasteiger charge is 2.48. The predicted molar refractivity (Wildman–Crippen MR) is 120 cm³/mol. The summed E-state index contributed by atoms with van der Waals surface area (Å²) in [6.07, 6.45) is 0.867. The lowest BCUT2D eigenvalue weighted by Gasteiger charge is -2.23. The van der Waals surface area contributed by atoms with Gasteiger partial charge in [-0.3, -0.25) is 14.5 Å².